The summed E-state index contributed by atoms with van der Waals surface area (Å²) in [4.78, 5) is 0. The fourth-order valence-corrected chi connectivity index (χ4v) is 1.54. The second-order valence-corrected chi connectivity index (χ2v) is 3.13. The van der Waals surface area contributed by atoms with Crippen molar-refractivity contribution in [2.45, 2.75) is 12.8 Å². The van der Waals surface area contributed by atoms with Gasteiger partial charge in [-0.15, -0.1) is 0 Å². The summed E-state index contributed by atoms with van der Waals surface area (Å²) in [5.41, 5.74) is 6.48. The molecule has 1 aliphatic heterocycles. The van der Waals surface area contributed by atoms with Gasteiger partial charge in [0.05, 0.1) is 12.3 Å². The zero-order chi connectivity index (χ0) is 9.42. The normalized spacial score (nSPS) is 14.8. The molecule has 2 N–H and O–H groups in total. The van der Waals surface area contributed by atoms with Crippen LogP contribution in [0, 0.1) is 5.82 Å². The minimum Gasteiger partial charge on any atom is -0.494 e. The highest BCUT2D eigenvalue weighted by Crippen LogP contribution is 2.26. The fraction of sp³-hybridized carbons (Fsp3) is 0.333. The van der Waals surface area contributed by atoms with Crippen LogP contribution in [0.15, 0.2) is 6.07 Å². The largest absolute Gasteiger partial charge is 0.494 e. The van der Waals surface area contributed by atoms with Crippen molar-refractivity contribution in [3.63, 3.8) is 0 Å². The van der Waals surface area contributed by atoms with Crippen molar-refractivity contribution in [2.75, 3.05) is 12.3 Å². The van der Waals surface area contributed by atoms with E-state index in [2.05, 4.69) is 0 Å². The number of rotatable bonds is 0. The maximum Gasteiger partial charge on any atom is 0.142 e. The zero-order valence-electron chi connectivity index (χ0n) is 7.14. The van der Waals surface area contributed by atoms with Gasteiger partial charge in [-0.1, -0.05) is 0 Å². The van der Waals surface area contributed by atoms with Crippen molar-refractivity contribution in [2.24, 2.45) is 0 Å². The van der Waals surface area contributed by atoms with Crippen molar-refractivity contribution >= 4 is 19.0 Å². The van der Waals surface area contributed by atoms with E-state index in [9.17, 15) is 4.39 Å². The van der Waals surface area contributed by atoms with Crippen molar-refractivity contribution in [3.8, 4) is 5.75 Å². The Balaban J connectivity index is 2.60. The van der Waals surface area contributed by atoms with E-state index < -0.39 is 5.82 Å². The minimum absolute atomic E-state index is 0.0368. The maximum absolute atomic E-state index is 13.2. The van der Waals surface area contributed by atoms with Crippen LogP contribution in [0.2, 0.25) is 0 Å². The topological polar surface area (TPSA) is 35.2 Å². The Morgan fingerprint density at radius 1 is 1.54 bits per heavy atom. The number of hydrogen-bond acceptors (Lipinski definition) is 2. The van der Waals surface area contributed by atoms with Crippen LogP contribution in [0.1, 0.15) is 12.0 Å². The number of nitrogen functional groups attached to an aromatic ring is 1. The van der Waals surface area contributed by atoms with Gasteiger partial charge in [0.2, 0.25) is 0 Å². The molecule has 0 fully saturated rings. The van der Waals surface area contributed by atoms with Crippen molar-refractivity contribution in [1.29, 1.82) is 0 Å². The Morgan fingerprint density at radius 3 is 3.08 bits per heavy atom. The Bertz CT molecular complexity index is 354. The van der Waals surface area contributed by atoms with Gasteiger partial charge in [0.25, 0.3) is 0 Å². The van der Waals surface area contributed by atoms with E-state index in [0.29, 0.717) is 12.4 Å². The van der Waals surface area contributed by atoms with Gasteiger partial charge >= 0.3 is 0 Å². The van der Waals surface area contributed by atoms with Crippen LogP contribution in [-0.2, 0) is 6.42 Å². The summed E-state index contributed by atoms with van der Waals surface area (Å²) in [6.45, 7) is 0.598. The number of anilines is 1. The summed E-state index contributed by atoms with van der Waals surface area (Å²) in [6, 6.07) is 1.60. The van der Waals surface area contributed by atoms with Crippen LogP contribution in [0.5, 0.6) is 5.75 Å². The highest BCUT2D eigenvalue weighted by molar-refractivity contribution is 6.35. The number of halogens is 1. The van der Waals surface area contributed by atoms with Gasteiger partial charge in [-0.2, -0.15) is 0 Å². The first-order valence-electron chi connectivity index (χ1n) is 4.19. The smallest absolute Gasteiger partial charge is 0.142 e. The highest BCUT2D eigenvalue weighted by atomic mass is 19.1. The molecule has 1 aromatic carbocycles. The molecule has 66 valence electrons. The van der Waals surface area contributed by atoms with E-state index in [1.165, 1.54) is 0 Å². The molecular formula is C9H9BFNO. The molecule has 0 aliphatic carbocycles. The van der Waals surface area contributed by atoms with Crippen LogP contribution in [0.25, 0.3) is 0 Å². The van der Waals surface area contributed by atoms with E-state index in [0.717, 1.165) is 18.4 Å². The van der Waals surface area contributed by atoms with Crippen LogP contribution >= 0.6 is 0 Å². The predicted octanol–water partition coefficient (Wildman–Crippen LogP) is 0.527. The third kappa shape index (κ3) is 1.26. The lowest BCUT2D eigenvalue weighted by Crippen LogP contribution is -2.21. The average molecular weight is 177 g/mol. The van der Waals surface area contributed by atoms with E-state index in [-0.39, 0.29) is 11.2 Å². The van der Waals surface area contributed by atoms with Crippen LogP contribution in [0.3, 0.4) is 0 Å². The Labute approximate surface area is 77.3 Å². The molecule has 0 unspecified atom stereocenters. The number of ether oxygens (including phenoxy) is 1. The average Bonchev–Trinajstić information content (AvgIpc) is 2.15. The Kier molecular flexibility index (Phi) is 1.91. The van der Waals surface area contributed by atoms with E-state index in [1.54, 1.807) is 6.07 Å². The maximum atomic E-state index is 13.2. The molecule has 0 bridgehead atoms. The summed E-state index contributed by atoms with van der Waals surface area (Å²) in [6.07, 6.45) is 1.78. The summed E-state index contributed by atoms with van der Waals surface area (Å²) in [7, 11) is 5.52. The van der Waals surface area contributed by atoms with Gasteiger partial charge < -0.3 is 10.5 Å². The second-order valence-electron chi connectivity index (χ2n) is 3.13. The summed E-state index contributed by atoms with van der Waals surface area (Å²) >= 11 is 0. The van der Waals surface area contributed by atoms with Crippen molar-refractivity contribution in [3.05, 3.63) is 17.4 Å². The van der Waals surface area contributed by atoms with E-state index >= 15 is 0 Å². The van der Waals surface area contributed by atoms with Crippen LogP contribution in [0.4, 0.5) is 10.1 Å². The lowest BCUT2D eigenvalue weighted by Gasteiger charge is -2.20. The van der Waals surface area contributed by atoms with Gasteiger partial charge in [-0.25, -0.2) is 4.39 Å². The zero-order valence-corrected chi connectivity index (χ0v) is 7.14. The molecule has 2 rings (SSSR count). The number of hydrogen-bond donors (Lipinski definition) is 1. The van der Waals surface area contributed by atoms with Gasteiger partial charge in [0.1, 0.15) is 19.4 Å². The van der Waals surface area contributed by atoms with Gasteiger partial charge in [0.15, 0.2) is 0 Å². The molecule has 0 aromatic heterocycles. The predicted molar refractivity (Wildman–Crippen MR) is 50.0 cm³/mol. The second kappa shape index (κ2) is 2.94. The number of fused-ring (bicyclic) bond motifs is 1. The SMILES string of the molecule is [B]c1c(F)c(N)cc2c1OCCC2. The molecule has 0 spiro atoms. The summed E-state index contributed by atoms with van der Waals surface area (Å²) in [5.74, 6) is -0.0985. The molecule has 0 saturated carbocycles. The first kappa shape index (κ1) is 8.41. The fourth-order valence-electron chi connectivity index (χ4n) is 1.54. The highest BCUT2D eigenvalue weighted by Gasteiger charge is 2.17. The molecule has 0 saturated heterocycles. The molecule has 4 heteroatoms. The van der Waals surface area contributed by atoms with E-state index in [4.69, 9.17) is 18.3 Å². The third-order valence-corrected chi connectivity index (χ3v) is 2.19. The van der Waals surface area contributed by atoms with Crippen molar-refractivity contribution < 1.29 is 9.13 Å². The Hall–Kier alpha value is -1.19. The van der Waals surface area contributed by atoms with Gasteiger partial charge in [-0.05, 0) is 29.9 Å². The minimum atomic E-state index is -0.569. The van der Waals surface area contributed by atoms with Gasteiger partial charge in [0, 0.05) is 0 Å². The van der Waals surface area contributed by atoms with Crippen LogP contribution in [-0.4, -0.2) is 14.5 Å². The molecule has 0 amide bonds. The lowest BCUT2D eigenvalue weighted by atomic mass is 9.89. The third-order valence-electron chi connectivity index (χ3n) is 2.19. The monoisotopic (exact) mass is 177 g/mol. The molecule has 1 aliphatic rings. The molecule has 1 aromatic rings. The molecule has 0 atom stereocenters. The number of nitrogens with two attached hydrogens (primary N) is 1. The van der Waals surface area contributed by atoms with Gasteiger partial charge in [-0.3, -0.25) is 0 Å². The van der Waals surface area contributed by atoms with Crippen molar-refractivity contribution in [1.82, 2.24) is 0 Å². The Morgan fingerprint density at radius 2 is 2.31 bits per heavy atom. The summed E-state index contributed by atoms with van der Waals surface area (Å²) in [5, 5.41) is 0. The molecule has 1 heterocycles. The first-order valence-corrected chi connectivity index (χ1v) is 4.19. The molecular weight excluding hydrogens is 168 g/mol. The summed E-state index contributed by atoms with van der Waals surface area (Å²) < 4.78 is 18.5. The first-order chi connectivity index (χ1) is 6.20. The van der Waals surface area contributed by atoms with Crippen LogP contribution < -0.4 is 15.9 Å². The number of benzene rings is 1. The molecule has 13 heavy (non-hydrogen) atoms. The molecule has 2 radical (unpaired) electrons. The van der Waals surface area contributed by atoms with E-state index in [1.807, 2.05) is 0 Å². The molecule has 2 nitrogen and oxygen atoms in total. The number of aryl methyl sites for hydroxylation is 1. The standard InChI is InChI=1S/C9H9BFNO/c10-7-8(11)6(12)4-5-2-1-3-13-9(5)7/h4H,1-3,12H2. The lowest BCUT2D eigenvalue weighted by molar-refractivity contribution is 0.290. The quantitative estimate of drug-likeness (QED) is 0.463.